The second kappa shape index (κ2) is 11.5. The first-order valence-electron chi connectivity index (χ1n) is 12.3. The van der Waals surface area contributed by atoms with E-state index in [0.717, 1.165) is 25.0 Å². The fourth-order valence-corrected chi connectivity index (χ4v) is 4.85. The lowest BCUT2D eigenvalue weighted by atomic mass is 9.92. The number of anilines is 1. The van der Waals surface area contributed by atoms with Gasteiger partial charge in [-0.3, -0.25) is 14.5 Å². The SMILES string of the molecule is COc1cc(F)c([C@@H]2CN(c3cc(OCC4CCCO4)ncn3)C(=O)C2NC(=O)c2ccc(Cl)cc2)c(F)c1. The van der Waals surface area contributed by atoms with Gasteiger partial charge in [-0.1, -0.05) is 11.6 Å². The van der Waals surface area contributed by atoms with Crippen LogP contribution in [0, 0.1) is 11.6 Å². The molecule has 0 saturated carbocycles. The number of amides is 2. The summed E-state index contributed by atoms with van der Waals surface area (Å²) in [6.45, 7) is 0.802. The molecule has 204 valence electrons. The Morgan fingerprint density at radius 1 is 1.18 bits per heavy atom. The van der Waals surface area contributed by atoms with Crippen molar-refractivity contribution < 1.29 is 32.6 Å². The zero-order valence-corrected chi connectivity index (χ0v) is 21.7. The van der Waals surface area contributed by atoms with Crippen LogP contribution in [0.1, 0.15) is 34.7 Å². The number of hydrogen-bond donors (Lipinski definition) is 1. The number of carbonyl (C=O) groups is 2. The van der Waals surface area contributed by atoms with Gasteiger partial charge in [0.2, 0.25) is 5.88 Å². The molecule has 2 saturated heterocycles. The summed E-state index contributed by atoms with van der Waals surface area (Å²) in [5, 5.41) is 3.07. The smallest absolute Gasteiger partial charge is 0.251 e. The third-order valence-corrected chi connectivity index (χ3v) is 6.96. The highest BCUT2D eigenvalue weighted by atomic mass is 35.5. The van der Waals surface area contributed by atoms with Crippen molar-refractivity contribution in [1.82, 2.24) is 15.3 Å². The van der Waals surface area contributed by atoms with Crippen LogP contribution in [-0.2, 0) is 9.53 Å². The first-order chi connectivity index (χ1) is 18.8. The number of aromatic nitrogens is 2. The van der Waals surface area contributed by atoms with E-state index in [9.17, 15) is 9.59 Å². The average molecular weight is 559 g/mol. The predicted molar refractivity (Wildman–Crippen MR) is 137 cm³/mol. The summed E-state index contributed by atoms with van der Waals surface area (Å²) in [4.78, 5) is 36.2. The largest absolute Gasteiger partial charge is 0.497 e. The van der Waals surface area contributed by atoms with Crippen LogP contribution in [-0.4, -0.2) is 60.8 Å². The Labute approximate surface area is 228 Å². The topological polar surface area (TPSA) is 103 Å². The molecule has 1 aromatic heterocycles. The standard InChI is InChI=1S/C27H25ClF2N4O5/c1-37-18-9-20(29)24(21(30)10-18)19-12-34(22-11-23(32-14-31-22)39-13-17-3-2-8-38-17)27(36)25(19)33-26(35)15-4-6-16(28)7-5-15/h4-7,9-11,14,17,19,25H,2-3,8,12-13H2,1H3,(H,33,35)/t17?,19-,25?/m0/s1. The number of methoxy groups -OCH3 is 1. The van der Waals surface area contributed by atoms with Gasteiger partial charge in [0.1, 0.15) is 42.2 Å². The van der Waals surface area contributed by atoms with Crippen LogP contribution in [0.25, 0.3) is 0 Å². The minimum atomic E-state index is -1.29. The van der Waals surface area contributed by atoms with Crippen LogP contribution in [0.3, 0.4) is 0 Å². The van der Waals surface area contributed by atoms with Crippen LogP contribution in [0.15, 0.2) is 48.8 Å². The van der Waals surface area contributed by atoms with Gasteiger partial charge in [-0.25, -0.2) is 18.7 Å². The van der Waals surface area contributed by atoms with Crippen molar-refractivity contribution in [3.63, 3.8) is 0 Å². The van der Waals surface area contributed by atoms with Gasteiger partial charge in [0.05, 0.1) is 13.2 Å². The van der Waals surface area contributed by atoms with Crippen LogP contribution in [0.4, 0.5) is 14.6 Å². The van der Waals surface area contributed by atoms with E-state index in [-0.39, 0.29) is 47.8 Å². The van der Waals surface area contributed by atoms with E-state index in [1.807, 2.05) is 0 Å². The maximum atomic E-state index is 15.2. The number of halogens is 3. The van der Waals surface area contributed by atoms with Crippen LogP contribution in [0.5, 0.6) is 11.6 Å². The lowest BCUT2D eigenvalue weighted by Crippen LogP contribution is -2.44. The molecule has 2 unspecified atom stereocenters. The van der Waals surface area contributed by atoms with Crippen molar-refractivity contribution in [1.29, 1.82) is 0 Å². The molecule has 3 aromatic rings. The van der Waals surface area contributed by atoms with Crippen molar-refractivity contribution >= 4 is 29.2 Å². The van der Waals surface area contributed by atoms with Gasteiger partial charge in [0.25, 0.3) is 11.8 Å². The molecular weight excluding hydrogens is 534 g/mol. The van der Waals surface area contributed by atoms with Gasteiger partial charge in [0.15, 0.2) is 0 Å². The molecular formula is C27H25ClF2N4O5. The number of carbonyl (C=O) groups excluding carboxylic acids is 2. The fourth-order valence-electron chi connectivity index (χ4n) is 4.73. The third-order valence-electron chi connectivity index (χ3n) is 6.71. The van der Waals surface area contributed by atoms with Gasteiger partial charge >= 0.3 is 0 Å². The van der Waals surface area contributed by atoms with Crippen molar-refractivity contribution in [3.8, 4) is 11.6 Å². The zero-order valence-electron chi connectivity index (χ0n) is 20.9. The Hall–Kier alpha value is -3.83. The van der Waals surface area contributed by atoms with E-state index in [4.69, 9.17) is 25.8 Å². The lowest BCUT2D eigenvalue weighted by Gasteiger charge is -2.20. The monoisotopic (exact) mass is 558 g/mol. The summed E-state index contributed by atoms with van der Waals surface area (Å²) in [5.41, 5.74) is -0.121. The average Bonchev–Trinajstić information content (AvgIpc) is 3.56. The molecule has 0 bridgehead atoms. The highest BCUT2D eigenvalue weighted by Crippen LogP contribution is 2.36. The zero-order chi connectivity index (χ0) is 27.5. The summed E-state index contributed by atoms with van der Waals surface area (Å²) < 4.78 is 46.6. The van der Waals surface area contributed by atoms with Gasteiger partial charge < -0.3 is 19.5 Å². The first kappa shape index (κ1) is 26.8. The van der Waals surface area contributed by atoms with Crippen LogP contribution in [0.2, 0.25) is 5.02 Å². The molecule has 0 aliphatic carbocycles. The van der Waals surface area contributed by atoms with Gasteiger partial charge in [0, 0.05) is 53.4 Å². The second-order valence-electron chi connectivity index (χ2n) is 9.18. The predicted octanol–water partition coefficient (Wildman–Crippen LogP) is 3.90. The highest BCUT2D eigenvalue weighted by Gasteiger charge is 2.45. The lowest BCUT2D eigenvalue weighted by molar-refractivity contribution is -0.118. The molecule has 12 heteroatoms. The minimum Gasteiger partial charge on any atom is -0.497 e. The molecule has 0 radical (unpaired) electrons. The molecule has 39 heavy (non-hydrogen) atoms. The molecule has 2 fully saturated rings. The van der Waals surface area contributed by atoms with Crippen LogP contribution >= 0.6 is 11.6 Å². The molecule has 5 rings (SSSR count). The fraction of sp³-hybridized carbons (Fsp3) is 0.333. The molecule has 2 amide bonds. The number of benzene rings is 2. The molecule has 2 aromatic carbocycles. The molecule has 9 nitrogen and oxygen atoms in total. The Morgan fingerprint density at radius 2 is 1.92 bits per heavy atom. The minimum absolute atomic E-state index is 0.0134. The highest BCUT2D eigenvalue weighted by molar-refractivity contribution is 6.30. The number of rotatable bonds is 8. The van der Waals surface area contributed by atoms with Gasteiger partial charge in [-0.15, -0.1) is 0 Å². The Bertz CT molecular complexity index is 1350. The summed E-state index contributed by atoms with van der Waals surface area (Å²) in [6.07, 6.45) is 3.01. The summed E-state index contributed by atoms with van der Waals surface area (Å²) in [6, 6.07) is 8.26. The molecule has 2 aliphatic rings. The van der Waals surface area contributed by atoms with Crippen molar-refractivity contribution in [3.05, 3.63) is 76.6 Å². The maximum Gasteiger partial charge on any atom is 0.251 e. The summed E-state index contributed by atoms with van der Waals surface area (Å²) in [7, 11) is 1.29. The van der Waals surface area contributed by atoms with E-state index in [1.54, 1.807) is 0 Å². The quantitative estimate of drug-likeness (QED) is 0.447. The van der Waals surface area contributed by atoms with E-state index in [0.29, 0.717) is 11.6 Å². The molecule has 2 aliphatic heterocycles. The summed E-state index contributed by atoms with van der Waals surface area (Å²) in [5.74, 6) is -3.71. The second-order valence-corrected chi connectivity index (χ2v) is 9.61. The van der Waals surface area contributed by atoms with E-state index >= 15 is 8.78 Å². The number of nitrogens with one attached hydrogen (secondary N) is 1. The molecule has 1 N–H and O–H groups in total. The molecule has 3 atom stereocenters. The van der Waals surface area contributed by atoms with Gasteiger partial charge in [-0.2, -0.15) is 0 Å². The number of hydrogen-bond acceptors (Lipinski definition) is 7. The number of ether oxygens (including phenoxy) is 3. The Kier molecular flexibility index (Phi) is 7.89. The van der Waals surface area contributed by atoms with Crippen molar-refractivity contribution in [2.45, 2.75) is 30.9 Å². The third kappa shape index (κ3) is 5.79. The normalized spacial score (nSPS) is 20.8. The Balaban J connectivity index is 1.45. The van der Waals surface area contributed by atoms with Crippen molar-refractivity contribution in [2.75, 3.05) is 31.8 Å². The Morgan fingerprint density at radius 3 is 2.59 bits per heavy atom. The van der Waals surface area contributed by atoms with E-state index in [1.165, 1.54) is 48.7 Å². The van der Waals surface area contributed by atoms with Gasteiger partial charge in [-0.05, 0) is 37.1 Å². The summed E-state index contributed by atoms with van der Waals surface area (Å²) >= 11 is 5.92. The van der Waals surface area contributed by atoms with E-state index in [2.05, 4.69) is 15.3 Å². The van der Waals surface area contributed by atoms with Crippen molar-refractivity contribution in [2.24, 2.45) is 0 Å². The number of nitrogens with zero attached hydrogens (tertiary/aromatic N) is 3. The molecule has 0 spiro atoms. The van der Waals surface area contributed by atoms with E-state index < -0.39 is 35.4 Å². The maximum absolute atomic E-state index is 15.2. The van der Waals surface area contributed by atoms with Crippen LogP contribution < -0.4 is 19.7 Å². The first-order valence-corrected chi connectivity index (χ1v) is 12.7. The molecule has 3 heterocycles.